The molecule has 0 bridgehead atoms. The topological polar surface area (TPSA) is 94.5 Å². The molecule has 0 amide bonds. The van der Waals surface area contributed by atoms with E-state index < -0.39 is 12.1 Å². The zero-order chi connectivity index (χ0) is 27.5. The van der Waals surface area contributed by atoms with Gasteiger partial charge in [0.1, 0.15) is 0 Å². The maximum Gasteiger partial charge on any atom is 0.303 e. The van der Waals surface area contributed by atoms with Gasteiger partial charge in [-0.2, -0.15) is 0 Å². The number of rotatable bonds is 16. The molecule has 2 heterocycles. The van der Waals surface area contributed by atoms with Gasteiger partial charge in [0.2, 0.25) is 0 Å². The summed E-state index contributed by atoms with van der Waals surface area (Å²) < 4.78 is 25.0. The first kappa shape index (κ1) is 31.0. The van der Waals surface area contributed by atoms with Gasteiger partial charge in [0.05, 0.1) is 18.3 Å². The second-order valence-corrected chi connectivity index (χ2v) is 12.5. The van der Waals surface area contributed by atoms with Gasteiger partial charge in [-0.1, -0.05) is 51.2 Å². The highest BCUT2D eigenvalue weighted by Gasteiger charge is 2.43. The molecule has 0 aromatic heterocycles. The van der Waals surface area contributed by atoms with Crippen LogP contribution in [0.1, 0.15) is 116 Å². The van der Waals surface area contributed by atoms with Crippen molar-refractivity contribution in [2.75, 3.05) is 13.2 Å². The fourth-order valence-corrected chi connectivity index (χ4v) is 7.17. The Bertz CT molecular complexity index is 724. The molecule has 4 fully saturated rings. The standard InChI is InChI=1S/C32H54O7/c1-2-11-23-20-24(21-23)28(38-31-14-7-9-18-36-31)17-16-26-25(12-5-3-4-6-13-30(34)35)27(33)22-29(26)39-32-15-8-10-19-37-32/h16-17,23-29,31-33H,2-15,18-22H2,1H3,(H,34,35)/t23?,24?,25-,26-,27+,28-,29-,31?,32?/m1/s1. The Kier molecular flexibility index (Phi) is 13.1. The lowest BCUT2D eigenvalue weighted by atomic mass is 9.70. The molecule has 0 spiro atoms. The van der Waals surface area contributed by atoms with Crippen LogP contribution in [0.5, 0.6) is 0 Å². The van der Waals surface area contributed by atoms with Crippen LogP contribution in [-0.4, -0.2) is 60.3 Å². The Hall–Kier alpha value is -0.990. The van der Waals surface area contributed by atoms with Crippen LogP contribution in [0.25, 0.3) is 0 Å². The number of hydrogen-bond donors (Lipinski definition) is 2. The average Bonchev–Trinajstić information content (AvgIpc) is 3.20. The van der Waals surface area contributed by atoms with Gasteiger partial charge >= 0.3 is 5.97 Å². The molecular weight excluding hydrogens is 496 g/mol. The van der Waals surface area contributed by atoms with Gasteiger partial charge in [-0.05, 0) is 82.0 Å². The van der Waals surface area contributed by atoms with Crippen molar-refractivity contribution in [1.29, 1.82) is 0 Å². The fourth-order valence-electron chi connectivity index (χ4n) is 7.17. The monoisotopic (exact) mass is 550 g/mol. The third-order valence-corrected chi connectivity index (χ3v) is 9.44. The molecule has 7 atom stereocenters. The molecule has 4 aliphatic rings. The molecule has 2 aliphatic heterocycles. The van der Waals surface area contributed by atoms with Gasteiger partial charge in [-0.25, -0.2) is 0 Å². The Balaban J connectivity index is 1.41. The Morgan fingerprint density at radius 1 is 0.949 bits per heavy atom. The number of hydrogen-bond acceptors (Lipinski definition) is 6. The Morgan fingerprint density at radius 3 is 2.33 bits per heavy atom. The minimum absolute atomic E-state index is 0.0437. The number of aliphatic hydroxyl groups excluding tert-OH is 1. The van der Waals surface area contributed by atoms with E-state index in [1.807, 2.05) is 0 Å². The van der Waals surface area contributed by atoms with Gasteiger partial charge in [0.25, 0.3) is 0 Å². The number of ether oxygens (including phenoxy) is 4. The van der Waals surface area contributed by atoms with Crippen molar-refractivity contribution in [3.05, 3.63) is 12.2 Å². The zero-order valence-electron chi connectivity index (χ0n) is 24.2. The maximum atomic E-state index is 11.1. The lowest BCUT2D eigenvalue weighted by Gasteiger charge is -2.41. The average molecular weight is 551 g/mol. The third kappa shape index (κ3) is 9.81. The summed E-state index contributed by atoms with van der Waals surface area (Å²) in [5, 5.41) is 20.0. The summed E-state index contributed by atoms with van der Waals surface area (Å²) in [5.74, 6) is 0.876. The predicted octanol–water partition coefficient (Wildman–Crippen LogP) is 6.61. The summed E-state index contributed by atoms with van der Waals surface area (Å²) in [6.07, 6.45) is 20.7. The second-order valence-electron chi connectivity index (χ2n) is 12.5. The van der Waals surface area contributed by atoms with Gasteiger partial charge in [-0.15, -0.1) is 0 Å². The van der Waals surface area contributed by atoms with E-state index in [9.17, 15) is 9.90 Å². The summed E-state index contributed by atoms with van der Waals surface area (Å²) in [4.78, 5) is 10.8. The predicted molar refractivity (Wildman–Crippen MR) is 150 cm³/mol. The minimum Gasteiger partial charge on any atom is -0.481 e. The molecule has 224 valence electrons. The third-order valence-electron chi connectivity index (χ3n) is 9.44. The molecule has 7 heteroatoms. The van der Waals surface area contributed by atoms with Gasteiger partial charge in [-0.3, -0.25) is 4.79 Å². The van der Waals surface area contributed by atoms with E-state index in [1.165, 1.54) is 25.7 Å². The molecule has 0 aromatic carbocycles. The first-order chi connectivity index (χ1) is 19.0. The second kappa shape index (κ2) is 16.5. The molecule has 0 radical (unpaired) electrons. The Morgan fingerprint density at radius 2 is 1.67 bits per heavy atom. The first-order valence-electron chi connectivity index (χ1n) is 16.2. The van der Waals surface area contributed by atoms with Crippen LogP contribution in [0.2, 0.25) is 0 Å². The fraction of sp³-hybridized carbons (Fsp3) is 0.906. The molecule has 2 aliphatic carbocycles. The number of aliphatic carboxylic acids is 1. The molecule has 7 nitrogen and oxygen atoms in total. The van der Waals surface area contributed by atoms with E-state index in [0.717, 1.165) is 89.8 Å². The van der Waals surface area contributed by atoms with E-state index in [1.54, 1.807) is 0 Å². The van der Waals surface area contributed by atoms with Crippen molar-refractivity contribution in [2.24, 2.45) is 23.7 Å². The van der Waals surface area contributed by atoms with Crippen molar-refractivity contribution in [3.8, 4) is 0 Å². The molecule has 4 rings (SSSR count). The van der Waals surface area contributed by atoms with E-state index in [4.69, 9.17) is 24.1 Å². The summed E-state index contributed by atoms with van der Waals surface area (Å²) in [6, 6.07) is 0. The molecule has 0 aromatic rings. The zero-order valence-corrected chi connectivity index (χ0v) is 24.2. The van der Waals surface area contributed by atoms with Gasteiger partial charge < -0.3 is 29.2 Å². The van der Waals surface area contributed by atoms with Crippen molar-refractivity contribution in [1.82, 2.24) is 0 Å². The maximum absolute atomic E-state index is 11.1. The van der Waals surface area contributed by atoms with E-state index in [2.05, 4.69) is 19.1 Å². The van der Waals surface area contributed by atoms with Crippen molar-refractivity contribution >= 4 is 5.97 Å². The number of carboxylic acids is 1. The molecule has 2 N–H and O–H groups in total. The summed E-state index contributed by atoms with van der Waals surface area (Å²) in [6.45, 7) is 3.80. The molecule has 2 unspecified atom stereocenters. The highest BCUT2D eigenvalue weighted by molar-refractivity contribution is 5.66. The molecule has 39 heavy (non-hydrogen) atoms. The Labute approximate surface area is 236 Å². The van der Waals surface area contributed by atoms with Crippen molar-refractivity contribution < 1.29 is 34.0 Å². The first-order valence-corrected chi connectivity index (χ1v) is 16.2. The summed E-state index contributed by atoms with van der Waals surface area (Å²) in [5.41, 5.74) is 0. The highest BCUT2D eigenvalue weighted by atomic mass is 16.7. The molecular formula is C32H54O7. The van der Waals surface area contributed by atoms with Gasteiger partial charge in [0.15, 0.2) is 12.6 Å². The van der Waals surface area contributed by atoms with Crippen LogP contribution >= 0.6 is 0 Å². The van der Waals surface area contributed by atoms with Crippen LogP contribution in [0, 0.1) is 23.7 Å². The van der Waals surface area contributed by atoms with Crippen molar-refractivity contribution in [3.63, 3.8) is 0 Å². The lowest BCUT2D eigenvalue weighted by Crippen LogP contribution is -2.38. The smallest absolute Gasteiger partial charge is 0.303 e. The van der Waals surface area contributed by atoms with Crippen LogP contribution in [0.4, 0.5) is 0 Å². The van der Waals surface area contributed by atoms with E-state index in [-0.39, 0.29) is 43.0 Å². The largest absolute Gasteiger partial charge is 0.481 e. The van der Waals surface area contributed by atoms with E-state index >= 15 is 0 Å². The number of carboxylic acid groups (broad SMARTS) is 1. The minimum atomic E-state index is -0.723. The van der Waals surface area contributed by atoms with E-state index in [0.29, 0.717) is 12.3 Å². The van der Waals surface area contributed by atoms with Crippen LogP contribution in [0.3, 0.4) is 0 Å². The SMILES string of the molecule is CCCC1CC([C@@H](C=C[C@@H]2[C@@H](CCCCCCC(=O)O)[C@@H](O)C[C@H]2OC2CCCCO2)OC2CCCCO2)C1. The van der Waals surface area contributed by atoms with Crippen LogP contribution in [-0.2, 0) is 23.7 Å². The summed E-state index contributed by atoms with van der Waals surface area (Å²) >= 11 is 0. The molecule has 2 saturated heterocycles. The van der Waals surface area contributed by atoms with Crippen LogP contribution < -0.4 is 0 Å². The number of unbranched alkanes of at least 4 members (excludes halogenated alkanes) is 3. The number of carbonyl (C=O) groups is 1. The number of aliphatic hydroxyl groups is 1. The van der Waals surface area contributed by atoms with Crippen LogP contribution in [0.15, 0.2) is 12.2 Å². The lowest BCUT2D eigenvalue weighted by molar-refractivity contribution is -0.196. The van der Waals surface area contributed by atoms with Gasteiger partial charge in [0, 0.05) is 32.0 Å². The summed E-state index contributed by atoms with van der Waals surface area (Å²) in [7, 11) is 0. The molecule has 2 saturated carbocycles. The van der Waals surface area contributed by atoms with Crippen molar-refractivity contribution in [2.45, 2.75) is 147 Å². The normalized spacial score (nSPS) is 36.2. The highest BCUT2D eigenvalue weighted by Crippen LogP contribution is 2.43. The quantitative estimate of drug-likeness (QED) is 0.165.